The van der Waals surface area contributed by atoms with Crippen molar-refractivity contribution in [3.63, 3.8) is 0 Å². The van der Waals surface area contributed by atoms with E-state index in [1.54, 1.807) is 18.7 Å². The summed E-state index contributed by atoms with van der Waals surface area (Å²) in [5.41, 5.74) is 0.128. The molecule has 7 heteroatoms. The number of carboxylic acids is 1. The molecule has 0 spiro atoms. The predicted molar refractivity (Wildman–Crippen MR) is 91.0 cm³/mol. The van der Waals surface area contributed by atoms with Crippen LogP contribution in [0, 0.1) is 25.2 Å². The van der Waals surface area contributed by atoms with Crippen LogP contribution in [0.1, 0.15) is 50.1 Å². The molecule has 1 aromatic rings. The number of aliphatic hydroxyl groups excluding tert-OH is 1. The third-order valence-corrected chi connectivity index (χ3v) is 5.24. The predicted octanol–water partition coefficient (Wildman–Crippen LogP) is 1.93. The third kappa shape index (κ3) is 4.03. The normalized spacial score (nSPS) is 23.9. The third-order valence-electron chi connectivity index (χ3n) is 5.24. The second-order valence-electron chi connectivity index (χ2n) is 7.49. The van der Waals surface area contributed by atoms with Gasteiger partial charge in [0.05, 0.1) is 18.2 Å². The standard InChI is InChI=1S/C18H28N2O5/c1-11(2)5-7-18(17(23)24)10-20(8-6-15(18)21)16(22)9-14-12(3)19-25-13(14)4/h11,15,21H,5-10H2,1-4H3,(H,23,24)/t15-,18-/m1/s1. The molecular formula is C18H28N2O5. The van der Waals surface area contributed by atoms with Gasteiger partial charge in [-0.25, -0.2) is 0 Å². The van der Waals surface area contributed by atoms with Crippen LogP contribution < -0.4 is 0 Å². The Kier molecular flexibility index (Phi) is 5.87. The molecule has 2 heterocycles. The molecule has 7 nitrogen and oxygen atoms in total. The van der Waals surface area contributed by atoms with Crippen molar-refractivity contribution in [2.24, 2.45) is 11.3 Å². The molecule has 0 unspecified atom stereocenters. The zero-order valence-corrected chi connectivity index (χ0v) is 15.4. The van der Waals surface area contributed by atoms with E-state index < -0.39 is 17.5 Å². The van der Waals surface area contributed by atoms with Crippen molar-refractivity contribution in [1.82, 2.24) is 10.1 Å². The van der Waals surface area contributed by atoms with Crippen molar-refractivity contribution >= 4 is 11.9 Å². The summed E-state index contributed by atoms with van der Waals surface area (Å²) < 4.78 is 5.09. The first-order chi connectivity index (χ1) is 11.7. The number of hydrogen-bond donors (Lipinski definition) is 2. The van der Waals surface area contributed by atoms with Crippen LogP contribution in [-0.2, 0) is 16.0 Å². The quantitative estimate of drug-likeness (QED) is 0.811. The van der Waals surface area contributed by atoms with E-state index in [4.69, 9.17) is 4.52 Å². The van der Waals surface area contributed by atoms with E-state index in [-0.39, 0.29) is 25.3 Å². The summed E-state index contributed by atoms with van der Waals surface area (Å²) in [5.74, 6) is -0.254. The average Bonchev–Trinajstić information content (AvgIpc) is 2.85. The Bertz CT molecular complexity index is 620. The minimum atomic E-state index is -1.29. The zero-order valence-electron chi connectivity index (χ0n) is 15.4. The fourth-order valence-corrected chi connectivity index (χ4v) is 3.42. The Balaban J connectivity index is 2.17. The van der Waals surface area contributed by atoms with Gasteiger partial charge in [0.15, 0.2) is 0 Å². The van der Waals surface area contributed by atoms with Gasteiger partial charge in [-0.15, -0.1) is 0 Å². The number of aryl methyl sites for hydroxylation is 2. The Hall–Kier alpha value is -1.89. The number of carboxylic acid groups (broad SMARTS) is 1. The van der Waals surface area contributed by atoms with Gasteiger partial charge in [-0.3, -0.25) is 9.59 Å². The van der Waals surface area contributed by atoms with Gasteiger partial charge in [-0.2, -0.15) is 0 Å². The lowest BCUT2D eigenvalue weighted by Crippen LogP contribution is -2.57. The number of aliphatic carboxylic acids is 1. The van der Waals surface area contributed by atoms with Crippen LogP contribution in [0.3, 0.4) is 0 Å². The van der Waals surface area contributed by atoms with Crippen molar-refractivity contribution in [2.45, 2.75) is 59.5 Å². The molecule has 0 aliphatic carbocycles. The van der Waals surface area contributed by atoms with Gasteiger partial charge in [0.25, 0.3) is 0 Å². The summed E-state index contributed by atoms with van der Waals surface area (Å²) in [6.07, 6.45) is 0.521. The molecular weight excluding hydrogens is 324 g/mol. The van der Waals surface area contributed by atoms with Crippen LogP contribution in [-0.4, -0.2) is 51.3 Å². The molecule has 2 rings (SSSR count). The van der Waals surface area contributed by atoms with E-state index in [2.05, 4.69) is 5.16 Å². The number of likely N-dealkylation sites (tertiary alicyclic amines) is 1. The SMILES string of the molecule is Cc1noc(C)c1CC(=O)N1CC[C@@H](O)[C@](CCC(C)C)(C(=O)O)C1. The summed E-state index contributed by atoms with van der Waals surface area (Å²) in [4.78, 5) is 26.2. The highest BCUT2D eigenvalue weighted by atomic mass is 16.5. The summed E-state index contributed by atoms with van der Waals surface area (Å²) >= 11 is 0. The lowest BCUT2D eigenvalue weighted by Gasteiger charge is -2.43. The van der Waals surface area contributed by atoms with Gasteiger partial charge in [0.1, 0.15) is 11.2 Å². The Morgan fingerprint density at radius 2 is 2.08 bits per heavy atom. The van der Waals surface area contributed by atoms with Gasteiger partial charge >= 0.3 is 5.97 Å². The maximum Gasteiger partial charge on any atom is 0.314 e. The first kappa shape index (κ1) is 19.4. The van der Waals surface area contributed by atoms with E-state index in [1.807, 2.05) is 13.8 Å². The van der Waals surface area contributed by atoms with E-state index >= 15 is 0 Å². The maximum atomic E-state index is 12.7. The molecule has 0 aromatic carbocycles. The van der Waals surface area contributed by atoms with E-state index in [0.29, 0.717) is 36.8 Å². The maximum absolute atomic E-state index is 12.7. The van der Waals surface area contributed by atoms with E-state index in [0.717, 1.165) is 5.56 Å². The lowest BCUT2D eigenvalue weighted by atomic mass is 9.72. The number of carbonyl (C=O) groups excluding carboxylic acids is 1. The highest BCUT2D eigenvalue weighted by Gasteiger charge is 2.49. The van der Waals surface area contributed by atoms with Gasteiger partial charge in [0, 0.05) is 18.7 Å². The van der Waals surface area contributed by atoms with Crippen LogP contribution in [0.5, 0.6) is 0 Å². The molecule has 1 saturated heterocycles. The van der Waals surface area contributed by atoms with Crippen molar-refractivity contribution in [1.29, 1.82) is 0 Å². The molecule has 0 saturated carbocycles. The first-order valence-electron chi connectivity index (χ1n) is 8.78. The monoisotopic (exact) mass is 352 g/mol. The summed E-state index contributed by atoms with van der Waals surface area (Å²) in [7, 11) is 0. The Morgan fingerprint density at radius 3 is 2.60 bits per heavy atom. The number of aliphatic hydroxyl groups is 1. The van der Waals surface area contributed by atoms with E-state index in [9.17, 15) is 19.8 Å². The number of aromatic nitrogens is 1. The highest BCUT2D eigenvalue weighted by Crippen LogP contribution is 2.37. The number of piperidine rings is 1. The molecule has 0 bridgehead atoms. The Morgan fingerprint density at radius 1 is 1.40 bits per heavy atom. The molecule has 2 N–H and O–H groups in total. The lowest BCUT2D eigenvalue weighted by molar-refractivity contribution is -0.167. The molecule has 1 aliphatic rings. The Labute approximate surface area is 148 Å². The van der Waals surface area contributed by atoms with Crippen LogP contribution >= 0.6 is 0 Å². The smallest absolute Gasteiger partial charge is 0.314 e. The number of nitrogens with zero attached hydrogens (tertiary/aromatic N) is 2. The minimum absolute atomic E-state index is 0.0401. The van der Waals surface area contributed by atoms with Crippen molar-refractivity contribution in [3.8, 4) is 0 Å². The molecule has 25 heavy (non-hydrogen) atoms. The average molecular weight is 352 g/mol. The zero-order chi connectivity index (χ0) is 18.8. The molecule has 1 aromatic heterocycles. The first-order valence-corrected chi connectivity index (χ1v) is 8.78. The topological polar surface area (TPSA) is 104 Å². The van der Waals surface area contributed by atoms with Crippen LogP contribution in [0.4, 0.5) is 0 Å². The van der Waals surface area contributed by atoms with Crippen LogP contribution in [0.25, 0.3) is 0 Å². The summed E-state index contributed by atoms with van der Waals surface area (Å²) in [5, 5.41) is 24.0. The summed E-state index contributed by atoms with van der Waals surface area (Å²) in [6, 6.07) is 0. The van der Waals surface area contributed by atoms with Crippen molar-refractivity contribution in [3.05, 3.63) is 17.0 Å². The van der Waals surface area contributed by atoms with Gasteiger partial charge < -0.3 is 19.6 Å². The van der Waals surface area contributed by atoms with Crippen molar-refractivity contribution < 1.29 is 24.3 Å². The number of carbonyl (C=O) groups is 2. The molecule has 1 amide bonds. The fourth-order valence-electron chi connectivity index (χ4n) is 3.42. The van der Waals surface area contributed by atoms with Crippen LogP contribution in [0.2, 0.25) is 0 Å². The van der Waals surface area contributed by atoms with E-state index in [1.165, 1.54) is 0 Å². The molecule has 140 valence electrons. The van der Waals surface area contributed by atoms with Crippen molar-refractivity contribution in [2.75, 3.05) is 13.1 Å². The largest absolute Gasteiger partial charge is 0.481 e. The second kappa shape index (κ2) is 7.56. The number of amides is 1. The second-order valence-corrected chi connectivity index (χ2v) is 7.49. The fraction of sp³-hybridized carbons (Fsp3) is 0.722. The number of hydrogen-bond acceptors (Lipinski definition) is 5. The highest BCUT2D eigenvalue weighted by molar-refractivity contribution is 5.82. The number of rotatable bonds is 6. The molecule has 2 atom stereocenters. The van der Waals surface area contributed by atoms with Gasteiger partial charge in [-0.1, -0.05) is 19.0 Å². The van der Waals surface area contributed by atoms with Gasteiger partial charge in [-0.05, 0) is 39.0 Å². The van der Waals surface area contributed by atoms with Gasteiger partial charge in [0.2, 0.25) is 5.91 Å². The molecule has 1 fully saturated rings. The molecule has 0 radical (unpaired) electrons. The minimum Gasteiger partial charge on any atom is -0.481 e. The summed E-state index contributed by atoms with van der Waals surface area (Å²) in [6.45, 7) is 7.98. The van der Waals surface area contributed by atoms with Crippen LogP contribution in [0.15, 0.2) is 4.52 Å². The molecule has 1 aliphatic heterocycles.